The first-order valence-corrected chi connectivity index (χ1v) is 10.7. The topological polar surface area (TPSA) is 81.9 Å². The molecule has 3 heterocycles. The maximum Gasteiger partial charge on any atom is 0.230 e. The third-order valence-electron chi connectivity index (χ3n) is 4.70. The summed E-state index contributed by atoms with van der Waals surface area (Å²) in [6.07, 6.45) is 5.72. The normalized spacial score (nSPS) is 16.1. The van der Waals surface area contributed by atoms with Gasteiger partial charge in [0, 0.05) is 31.1 Å². The Kier molecular flexibility index (Phi) is 6.53. The highest BCUT2D eigenvalue weighted by Gasteiger charge is 2.18. The van der Waals surface area contributed by atoms with Gasteiger partial charge in [-0.15, -0.1) is 10.2 Å². The minimum absolute atomic E-state index is 0.0253. The maximum atomic E-state index is 12.3. The van der Waals surface area contributed by atoms with Gasteiger partial charge >= 0.3 is 0 Å². The van der Waals surface area contributed by atoms with E-state index in [1.54, 1.807) is 12.4 Å². The monoisotopic (exact) mass is 409 g/mol. The predicted octanol–water partition coefficient (Wildman–Crippen LogP) is 2.78. The van der Waals surface area contributed by atoms with Gasteiger partial charge in [0.1, 0.15) is 0 Å². The number of hydrogen-bond donors (Lipinski definition) is 1. The zero-order chi connectivity index (χ0) is 19.9. The maximum absolute atomic E-state index is 12.3. The van der Waals surface area contributed by atoms with Gasteiger partial charge < -0.3 is 10.1 Å². The average molecular weight is 410 g/mol. The van der Waals surface area contributed by atoms with E-state index in [2.05, 4.69) is 32.6 Å². The van der Waals surface area contributed by atoms with E-state index in [1.807, 2.05) is 34.9 Å². The minimum atomic E-state index is -0.0253. The molecule has 1 amide bonds. The van der Waals surface area contributed by atoms with Gasteiger partial charge in [0.15, 0.2) is 11.0 Å². The van der Waals surface area contributed by atoms with E-state index in [1.165, 1.54) is 11.8 Å². The molecule has 1 fully saturated rings. The summed E-state index contributed by atoms with van der Waals surface area (Å²) in [5.41, 5.74) is 2.03. The first-order chi connectivity index (χ1) is 14.3. The molecular formula is C21H23N5O2S. The lowest BCUT2D eigenvalue weighted by Crippen LogP contribution is -2.32. The van der Waals surface area contributed by atoms with Gasteiger partial charge in [-0.2, -0.15) is 0 Å². The molecule has 1 atom stereocenters. The molecule has 1 aromatic carbocycles. The molecule has 29 heavy (non-hydrogen) atoms. The highest BCUT2D eigenvalue weighted by atomic mass is 32.2. The van der Waals surface area contributed by atoms with Crippen LogP contribution in [0, 0.1) is 0 Å². The summed E-state index contributed by atoms with van der Waals surface area (Å²) in [6, 6.07) is 14.0. The van der Waals surface area contributed by atoms with Crippen LogP contribution in [0.25, 0.3) is 11.4 Å². The van der Waals surface area contributed by atoms with Crippen molar-refractivity contribution in [3.8, 4) is 11.4 Å². The van der Waals surface area contributed by atoms with E-state index in [9.17, 15) is 4.79 Å². The second kappa shape index (κ2) is 9.67. The van der Waals surface area contributed by atoms with Gasteiger partial charge in [-0.1, -0.05) is 42.1 Å². The fourth-order valence-corrected chi connectivity index (χ4v) is 3.99. The van der Waals surface area contributed by atoms with E-state index in [-0.39, 0.29) is 17.8 Å². The second-order valence-electron chi connectivity index (χ2n) is 6.85. The van der Waals surface area contributed by atoms with Crippen LogP contribution in [-0.2, 0) is 16.1 Å². The van der Waals surface area contributed by atoms with Crippen LogP contribution >= 0.6 is 11.8 Å². The van der Waals surface area contributed by atoms with Crippen LogP contribution in [0.4, 0.5) is 0 Å². The van der Waals surface area contributed by atoms with E-state index in [0.717, 1.165) is 36.4 Å². The number of nitrogens with zero attached hydrogens (tertiary/aromatic N) is 4. The van der Waals surface area contributed by atoms with Crippen molar-refractivity contribution < 1.29 is 9.53 Å². The largest absolute Gasteiger partial charge is 0.376 e. The van der Waals surface area contributed by atoms with Gasteiger partial charge in [0.25, 0.3) is 0 Å². The van der Waals surface area contributed by atoms with Crippen molar-refractivity contribution in [1.29, 1.82) is 0 Å². The van der Waals surface area contributed by atoms with Crippen molar-refractivity contribution in [2.45, 2.75) is 30.6 Å². The first kappa shape index (κ1) is 19.6. The molecule has 1 aliphatic heterocycles. The lowest BCUT2D eigenvalue weighted by molar-refractivity contribution is -0.119. The Morgan fingerprint density at radius 3 is 2.86 bits per heavy atom. The summed E-state index contributed by atoms with van der Waals surface area (Å²) in [6.45, 7) is 1.98. The molecule has 0 saturated carbocycles. The first-order valence-electron chi connectivity index (χ1n) is 9.68. The average Bonchev–Trinajstić information content (AvgIpc) is 3.42. The van der Waals surface area contributed by atoms with Crippen molar-refractivity contribution >= 4 is 17.7 Å². The summed E-state index contributed by atoms with van der Waals surface area (Å²) in [4.78, 5) is 16.5. The number of rotatable bonds is 8. The Morgan fingerprint density at radius 1 is 1.21 bits per heavy atom. The molecule has 1 N–H and O–H groups in total. The molecule has 0 unspecified atom stereocenters. The van der Waals surface area contributed by atoms with E-state index >= 15 is 0 Å². The molecule has 1 saturated heterocycles. The van der Waals surface area contributed by atoms with Crippen LogP contribution in [-0.4, -0.2) is 50.7 Å². The second-order valence-corrected chi connectivity index (χ2v) is 7.79. The summed E-state index contributed by atoms with van der Waals surface area (Å²) in [5.74, 6) is 0.999. The third kappa shape index (κ3) is 5.21. The molecule has 0 bridgehead atoms. The number of hydrogen-bond acceptors (Lipinski definition) is 6. The van der Waals surface area contributed by atoms with Crippen molar-refractivity contribution in [2.75, 3.05) is 18.9 Å². The number of aromatic nitrogens is 4. The van der Waals surface area contributed by atoms with E-state index in [0.29, 0.717) is 18.2 Å². The molecule has 8 heteroatoms. The van der Waals surface area contributed by atoms with Crippen LogP contribution in [0.2, 0.25) is 0 Å². The van der Waals surface area contributed by atoms with Gasteiger partial charge in [-0.3, -0.25) is 14.3 Å². The van der Waals surface area contributed by atoms with Crippen LogP contribution in [0.5, 0.6) is 0 Å². The fraction of sp³-hybridized carbons (Fsp3) is 0.333. The van der Waals surface area contributed by atoms with Crippen LogP contribution < -0.4 is 5.32 Å². The number of carbonyl (C=O) groups is 1. The smallest absolute Gasteiger partial charge is 0.230 e. The lowest BCUT2D eigenvalue weighted by Gasteiger charge is -2.12. The molecule has 4 rings (SSSR count). The van der Waals surface area contributed by atoms with Crippen molar-refractivity contribution in [2.24, 2.45) is 0 Å². The van der Waals surface area contributed by atoms with Gasteiger partial charge in [0.05, 0.1) is 18.4 Å². The zero-order valence-electron chi connectivity index (χ0n) is 16.0. The summed E-state index contributed by atoms with van der Waals surface area (Å²) in [7, 11) is 0. The summed E-state index contributed by atoms with van der Waals surface area (Å²) in [5, 5.41) is 12.4. The Balaban J connectivity index is 1.47. The number of ether oxygens (including phenoxy) is 1. The van der Waals surface area contributed by atoms with Gasteiger partial charge in [-0.25, -0.2) is 0 Å². The Morgan fingerprint density at radius 2 is 2.10 bits per heavy atom. The Labute approximate surface area is 173 Å². The third-order valence-corrected chi connectivity index (χ3v) is 5.67. The predicted molar refractivity (Wildman–Crippen MR) is 112 cm³/mol. The molecule has 3 aromatic rings. The quantitative estimate of drug-likeness (QED) is 0.576. The number of nitrogens with one attached hydrogen (secondary N) is 1. The Hall–Kier alpha value is -2.71. The van der Waals surface area contributed by atoms with E-state index < -0.39 is 0 Å². The van der Waals surface area contributed by atoms with E-state index in [4.69, 9.17) is 4.74 Å². The number of benzene rings is 1. The van der Waals surface area contributed by atoms with Gasteiger partial charge in [-0.05, 0) is 30.5 Å². The molecule has 0 aliphatic carbocycles. The molecule has 1 aliphatic rings. The molecule has 2 aromatic heterocycles. The number of thioether (sulfide) groups is 1. The number of carbonyl (C=O) groups excluding carboxylic acids is 1. The molecule has 0 spiro atoms. The van der Waals surface area contributed by atoms with Gasteiger partial charge in [0.2, 0.25) is 5.91 Å². The molecule has 0 radical (unpaired) electrons. The molecule has 7 nitrogen and oxygen atoms in total. The van der Waals surface area contributed by atoms with Crippen LogP contribution in [0.1, 0.15) is 18.4 Å². The number of pyridine rings is 1. The zero-order valence-corrected chi connectivity index (χ0v) is 16.8. The Bertz CT molecular complexity index is 927. The van der Waals surface area contributed by atoms with Crippen molar-refractivity contribution in [3.05, 3.63) is 60.4 Å². The highest BCUT2D eigenvalue weighted by Crippen LogP contribution is 2.24. The minimum Gasteiger partial charge on any atom is -0.376 e. The van der Waals surface area contributed by atoms with Crippen molar-refractivity contribution in [3.63, 3.8) is 0 Å². The lowest BCUT2D eigenvalue weighted by atomic mass is 10.2. The highest BCUT2D eigenvalue weighted by molar-refractivity contribution is 7.99. The number of amides is 1. The molecular weight excluding hydrogens is 386 g/mol. The summed E-state index contributed by atoms with van der Waals surface area (Å²) >= 11 is 1.39. The SMILES string of the molecule is O=C(CSc1nnc(-c2cccnc2)n1Cc1ccccc1)NC[C@@H]1CCCO1. The van der Waals surface area contributed by atoms with Crippen LogP contribution in [0.3, 0.4) is 0 Å². The fourth-order valence-electron chi connectivity index (χ4n) is 3.23. The standard InChI is InChI=1S/C21H23N5O2S/c27-19(23-13-18-9-5-11-28-18)15-29-21-25-24-20(17-8-4-10-22-12-17)26(21)14-16-6-2-1-3-7-16/h1-4,6-8,10,12,18H,5,9,11,13-15H2,(H,23,27)/t18-/m0/s1. The van der Waals surface area contributed by atoms with Crippen LogP contribution in [0.15, 0.2) is 60.0 Å². The summed E-state index contributed by atoms with van der Waals surface area (Å²) < 4.78 is 7.58. The molecule has 150 valence electrons. The van der Waals surface area contributed by atoms with Crippen molar-refractivity contribution in [1.82, 2.24) is 25.1 Å².